The number of hydrogen-bond acceptors (Lipinski definition) is 5. The van der Waals surface area contributed by atoms with Crippen molar-refractivity contribution >= 4 is 11.9 Å². The van der Waals surface area contributed by atoms with E-state index < -0.39 is 12.0 Å². The van der Waals surface area contributed by atoms with Crippen LogP contribution in [0, 0.1) is 0 Å². The van der Waals surface area contributed by atoms with Gasteiger partial charge in [0.25, 0.3) is 0 Å². The number of carbonyl (C=O) groups excluding carboxylic acids is 2. The Hall–Kier alpha value is -2.24. The van der Waals surface area contributed by atoms with Crippen LogP contribution in [-0.4, -0.2) is 34.7 Å². The zero-order chi connectivity index (χ0) is 16.0. The monoisotopic (exact) mass is 295 g/mol. The van der Waals surface area contributed by atoms with Gasteiger partial charge in [-0.3, -0.25) is 4.79 Å². The molecule has 0 aromatic heterocycles. The van der Waals surface area contributed by atoms with Crippen LogP contribution < -0.4 is 5.32 Å². The van der Waals surface area contributed by atoms with E-state index in [0.29, 0.717) is 5.56 Å². The summed E-state index contributed by atoms with van der Waals surface area (Å²) in [6.07, 6.45) is 0.113. The van der Waals surface area contributed by atoms with E-state index in [4.69, 9.17) is 4.74 Å². The minimum absolute atomic E-state index is 0.0381. The van der Waals surface area contributed by atoms with Gasteiger partial charge in [-0.25, -0.2) is 4.79 Å². The molecule has 0 aliphatic carbocycles. The van der Waals surface area contributed by atoms with Gasteiger partial charge in [0.05, 0.1) is 6.61 Å². The molecule has 0 fully saturated rings. The van der Waals surface area contributed by atoms with Crippen LogP contribution in [0.3, 0.4) is 0 Å². The van der Waals surface area contributed by atoms with Crippen molar-refractivity contribution in [2.45, 2.75) is 39.2 Å². The number of esters is 1. The Bertz CT molecular complexity index is 515. The van der Waals surface area contributed by atoms with Crippen LogP contribution >= 0.6 is 0 Å². The van der Waals surface area contributed by atoms with Crippen LogP contribution in [0.25, 0.3) is 0 Å². The standard InChI is InChI=1S/C15H21NO5/c1-4-21-15(20)10(3)16-14(19)7-9(2)12-6-5-11(17)8-13(12)18/h5-6,8-10,17-18H,4,7H2,1-3H3,(H,16,19). The third kappa shape index (κ3) is 4.98. The van der Waals surface area contributed by atoms with Gasteiger partial charge in [-0.15, -0.1) is 0 Å². The molecule has 1 amide bonds. The highest BCUT2D eigenvalue weighted by Gasteiger charge is 2.19. The Kier molecular flexibility index (Phi) is 6.02. The summed E-state index contributed by atoms with van der Waals surface area (Å²) in [4.78, 5) is 23.3. The molecule has 2 atom stereocenters. The van der Waals surface area contributed by atoms with Crippen molar-refractivity contribution in [3.63, 3.8) is 0 Å². The molecule has 21 heavy (non-hydrogen) atoms. The molecule has 0 aliphatic rings. The molecule has 116 valence electrons. The predicted molar refractivity (Wildman–Crippen MR) is 77.0 cm³/mol. The van der Waals surface area contributed by atoms with Crippen molar-refractivity contribution < 1.29 is 24.5 Å². The second-order valence-corrected chi connectivity index (χ2v) is 4.89. The Balaban J connectivity index is 2.60. The molecule has 0 saturated heterocycles. The summed E-state index contributed by atoms with van der Waals surface area (Å²) in [7, 11) is 0. The fourth-order valence-electron chi connectivity index (χ4n) is 1.96. The van der Waals surface area contributed by atoms with Gasteiger partial charge in [-0.1, -0.05) is 13.0 Å². The molecule has 2 unspecified atom stereocenters. The number of amides is 1. The van der Waals surface area contributed by atoms with E-state index in [9.17, 15) is 19.8 Å². The van der Waals surface area contributed by atoms with Gasteiger partial charge >= 0.3 is 5.97 Å². The van der Waals surface area contributed by atoms with E-state index in [2.05, 4.69) is 5.32 Å². The average Bonchev–Trinajstić information content (AvgIpc) is 2.38. The van der Waals surface area contributed by atoms with Gasteiger partial charge in [0.1, 0.15) is 17.5 Å². The Labute approximate surface area is 123 Å². The van der Waals surface area contributed by atoms with Crippen molar-refractivity contribution in [2.24, 2.45) is 0 Å². The number of phenolic OH excluding ortho intramolecular Hbond substituents is 2. The van der Waals surface area contributed by atoms with E-state index in [0.717, 1.165) is 0 Å². The van der Waals surface area contributed by atoms with Crippen molar-refractivity contribution in [1.29, 1.82) is 0 Å². The fourth-order valence-corrected chi connectivity index (χ4v) is 1.96. The summed E-state index contributed by atoms with van der Waals surface area (Å²) in [6.45, 7) is 5.29. The molecule has 3 N–H and O–H groups in total. The molecule has 1 rings (SSSR count). The van der Waals surface area contributed by atoms with Gasteiger partial charge in [0.15, 0.2) is 0 Å². The summed E-state index contributed by atoms with van der Waals surface area (Å²) in [5, 5.41) is 21.5. The van der Waals surface area contributed by atoms with E-state index in [1.54, 1.807) is 26.8 Å². The maximum Gasteiger partial charge on any atom is 0.328 e. The summed E-state index contributed by atoms with van der Waals surface area (Å²) in [6, 6.07) is 3.53. The Morgan fingerprint density at radius 2 is 1.95 bits per heavy atom. The lowest BCUT2D eigenvalue weighted by atomic mass is 9.96. The van der Waals surface area contributed by atoms with Crippen molar-refractivity contribution in [1.82, 2.24) is 5.32 Å². The maximum absolute atomic E-state index is 11.9. The molecule has 0 bridgehead atoms. The van der Waals surface area contributed by atoms with E-state index in [1.165, 1.54) is 12.1 Å². The number of benzene rings is 1. The minimum atomic E-state index is -0.710. The maximum atomic E-state index is 11.9. The van der Waals surface area contributed by atoms with Crippen molar-refractivity contribution in [3.05, 3.63) is 23.8 Å². The van der Waals surface area contributed by atoms with E-state index in [-0.39, 0.29) is 36.4 Å². The Morgan fingerprint density at radius 1 is 1.29 bits per heavy atom. The summed E-state index contributed by atoms with van der Waals surface area (Å²) in [5.74, 6) is -1.14. The van der Waals surface area contributed by atoms with Crippen LogP contribution in [0.4, 0.5) is 0 Å². The number of phenols is 2. The number of carbonyl (C=O) groups is 2. The second kappa shape index (κ2) is 7.52. The van der Waals surface area contributed by atoms with Gasteiger partial charge in [0.2, 0.25) is 5.91 Å². The molecule has 0 radical (unpaired) electrons. The van der Waals surface area contributed by atoms with Crippen LogP contribution in [0.15, 0.2) is 18.2 Å². The first-order valence-electron chi connectivity index (χ1n) is 6.83. The molecule has 6 nitrogen and oxygen atoms in total. The summed E-state index contributed by atoms with van der Waals surface area (Å²) < 4.78 is 4.81. The number of rotatable bonds is 6. The normalized spacial score (nSPS) is 13.3. The molecule has 0 spiro atoms. The zero-order valence-electron chi connectivity index (χ0n) is 12.4. The van der Waals surface area contributed by atoms with Gasteiger partial charge in [0, 0.05) is 12.5 Å². The molecule has 0 saturated carbocycles. The topological polar surface area (TPSA) is 95.9 Å². The van der Waals surface area contributed by atoms with Crippen LogP contribution in [0.1, 0.15) is 38.7 Å². The van der Waals surface area contributed by atoms with Crippen LogP contribution in [0.5, 0.6) is 11.5 Å². The molecule has 0 heterocycles. The predicted octanol–water partition coefficient (Wildman–Crippen LogP) is 1.66. The highest BCUT2D eigenvalue weighted by Crippen LogP contribution is 2.30. The van der Waals surface area contributed by atoms with Crippen molar-refractivity contribution in [2.75, 3.05) is 6.61 Å². The number of nitrogens with one attached hydrogen (secondary N) is 1. The van der Waals surface area contributed by atoms with Gasteiger partial charge in [-0.05, 0) is 31.4 Å². The third-order valence-electron chi connectivity index (χ3n) is 3.05. The van der Waals surface area contributed by atoms with Gasteiger partial charge < -0.3 is 20.3 Å². The lowest BCUT2D eigenvalue weighted by molar-refractivity contribution is -0.146. The lowest BCUT2D eigenvalue weighted by Crippen LogP contribution is -2.39. The van der Waals surface area contributed by atoms with Crippen LogP contribution in [0.2, 0.25) is 0 Å². The lowest BCUT2D eigenvalue weighted by Gasteiger charge is -2.16. The number of aromatic hydroxyl groups is 2. The van der Waals surface area contributed by atoms with Crippen molar-refractivity contribution in [3.8, 4) is 11.5 Å². The number of hydrogen-bond donors (Lipinski definition) is 3. The van der Waals surface area contributed by atoms with Crippen LogP contribution in [-0.2, 0) is 14.3 Å². The van der Waals surface area contributed by atoms with Gasteiger partial charge in [-0.2, -0.15) is 0 Å². The highest BCUT2D eigenvalue weighted by molar-refractivity contribution is 5.84. The first-order valence-corrected chi connectivity index (χ1v) is 6.83. The molecule has 0 aliphatic heterocycles. The molecule has 6 heteroatoms. The molecular formula is C15H21NO5. The molecule has 1 aromatic rings. The third-order valence-corrected chi connectivity index (χ3v) is 3.05. The summed E-state index contributed by atoms with van der Waals surface area (Å²) in [5.41, 5.74) is 0.562. The number of ether oxygens (including phenoxy) is 1. The Morgan fingerprint density at radius 3 is 2.52 bits per heavy atom. The summed E-state index contributed by atoms with van der Waals surface area (Å²) >= 11 is 0. The highest BCUT2D eigenvalue weighted by atomic mass is 16.5. The largest absolute Gasteiger partial charge is 0.508 e. The smallest absolute Gasteiger partial charge is 0.328 e. The second-order valence-electron chi connectivity index (χ2n) is 4.89. The molecule has 1 aromatic carbocycles. The van der Waals surface area contributed by atoms with E-state index in [1.807, 2.05) is 0 Å². The van der Waals surface area contributed by atoms with E-state index >= 15 is 0 Å². The average molecular weight is 295 g/mol. The fraction of sp³-hybridized carbons (Fsp3) is 0.467. The quantitative estimate of drug-likeness (QED) is 0.694. The molecular weight excluding hydrogens is 274 g/mol. The minimum Gasteiger partial charge on any atom is -0.508 e. The SMILES string of the molecule is CCOC(=O)C(C)NC(=O)CC(C)c1ccc(O)cc1O. The first-order chi connectivity index (χ1) is 9.85. The zero-order valence-corrected chi connectivity index (χ0v) is 12.4. The first kappa shape index (κ1) is 16.8.